The molecule has 4 aromatic rings. The van der Waals surface area contributed by atoms with E-state index in [4.69, 9.17) is 4.84 Å². The van der Waals surface area contributed by atoms with E-state index in [1.807, 2.05) is 66.9 Å². The van der Waals surface area contributed by atoms with Crippen molar-refractivity contribution in [1.29, 1.82) is 0 Å². The lowest BCUT2D eigenvalue weighted by Crippen LogP contribution is -2.48. The molecule has 5 rings (SSSR count). The molecule has 7 nitrogen and oxygen atoms in total. The van der Waals surface area contributed by atoms with Crippen molar-refractivity contribution < 1.29 is 19.8 Å². The second kappa shape index (κ2) is 12.4. The van der Waals surface area contributed by atoms with Crippen molar-refractivity contribution in [2.45, 2.75) is 38.1 Å². The van der Waals surface area contributed by atoms with Gasteiger partial charge >= 0.3 is 0 Å². The van der Waals surface area contributed by atoms with Crippen LogP contribution < -0.4 is 5.32 Å². The minimum Gasteiger partial charge on any atom is -0.396 e. The number of amides is 1. The lowest BCUT2D eigenvalue weighted by atomic mass is 9.92. The highest BCUT2D eigenvalue weighted by molar-refractivity contribution is 5.84. The third kappa shape index (κ3) is 6.29. The number of nitrogens with one attached hydrogen (secondary N) is 2. The van der Waals surface area contributed by atoms with Gasteiger partial charge < -0.3 is 20.5 Å². The largest absolute Gasteiger partial charge is 0.396 e. The fourth-order valence-electron chi connectivity index (χ4n) is 5.24. The first kappa shape index (κ1) is 26.8. The van der Waals surface area contributed by atoms with Crippen LogP contribution in [-0.2, 0) is 22.6 Å². The van der Waals surface area contributed by atoms with Crippen LogP contribution in [0.3, 0.4) is 0 Å². The molecule has 1 aliphatic heterocycles. The molecule has 7 heteroatoms. The molecular weight excluding hydrogens is 490 g/mol. The number of rotatable bonds is 10. The number of aliphatic hydroxyl groups is 2. The summed E-state index contributed by atoms with van der Waals surface area (Å²) in [5.74, 6) is -0.773. The molecule has 4 N–H and O–H groups in total. The number of H-pyrrole nitrogens is 1. The highest BCUT2D eigenvalue weighted by Crippen LogP contribution is 2.31. The van der Waals surface area contributed by atoms with Crippen LogP contribution in [0, 0.1) is 5.92 Å². The zero-order valence-corrected chi connectivity index (χ0v) is 22.0. The average Bonchev–Trinajstić information content (AvgIpc) is 3.54. The predicted molar refractivity (Wildman–Crippen MR) is 153 cm³/mol. The van der Waals surface area contributed by atoms with Crippen molar-refractivity contribution in [1.82, 2.24) is 15.4 Å². The van der Waals surface area contributed by atoms with E-state index < -0.39 is 24.2 Å². The molecular formula is C32H35N3O4. The van der Waals surface area contributed by atoms with E-state index in [9.17, 15) is 15.0 Å². The molecule has 0 spiro atoms. The molecule has 202 valence electrons. The van der Waals surface area contributed by atoms with Crippen LogP contribution in [0.4, 0.5) is 0 Å². The van der Waals surface area contributed by atoms with Gasteiger partial charge in [-0.1, -0.05) is 84.9 Å². The van der Waals surface area contributed by atoms with Gasteiger partial charge in [0.2, 0.25) is 5.91 Å². The molecule has 0 saturated carbocycles. The van der Waals surface area contributed by atoms with Gasteiger partial charge in [0.1, 0.15) is 12.1 Å². The number of aromatic nitrogens is 1. The number of hydrogen-bond acceptors (Lipinski definition) is 5. The van der Waals surface area contributed by atoms with Crippen molar-refractivity contribution in [2.24, 2.45) is 5.92 Å². The maximum atomic E-state index is 13.4. The summed E-state index contributed by atoms with van der Waals surface area (Å²) < 4.78 is 0. The smallest absolute Gasteiger partial charge is 0.240 e. The Bertz CT molecular complexity index is 1400. The van der Waals surface area contributed by atoms with Crippen molar-refractivity contribution >= 4 is 29.0 Å². The lowest BCUT2D eigenvalue weighted by Gasteiger charge is -2.24. The van der Waals surface area contributed by atoms with Crippen molar-refractivity contribution in [3.8, 4) is 0 Å². The second-order valence-corrected chi connectivity index (χ2v) is 10.1. The summed E-state index contributed by atoms with van der Waals surface area (Å²) in [4.78, 5) is 22.7. The summed E-state index contributed by atoms with van der Waals surface area (Å²) >= 11 is 0. The Morgan fingerprint density at radius 3 is 2.44 bits per heavy atom. The second-order valence-electron chi connectivity index (χ2n) is 10.1. The van der Waals surface area contributed by atoms with Gasteiger partial charge in [-0.15, -0.1) is 0 Å². The molecule has 1 amide bonds. The summed E-state index contributed by atoms with van der Waals surface area (Å²) in [7, 11) is 0. The zero-order valence-electron chi connectivity index (χ0n) is 22.0. The van der Waals surface area contributed by atoms with Gasteiger partial charge in [0.05, 0.1) is 19.3 Å². The quantitative estimate of drug-likeness (QED) is 0.233. The topological polar surface area (TPSA) is 97.8 Å². The van der Waals surface area contributed by atoms with Crippen LogP contribution in [0.1, 0.15) is 29.2 Å². The number of benzene rings is 3. The van der Waals surface area contributed by atoms with Crippen LogP contribution in [0.25, 0.3) is 23.1 Å². The van der Waals surface area contributed by atoms with Crippen molar-refractivity contribution in [3.05, 3.63) is 107 Å². The molecule has 1 fully saturated rings. The van der Waals surface area contributed by atoms with Gasteiger partial charge in [-0.3, -0.25) is 9.63 Å². The van der Waals surface area contributed by atoms with E-state index in [-0.39, 0.29) is 12.5 Å². The summed E-state index contributed by atoms with van der Waals surface area (Å²) in [6.45, 7) is 2.15. The number of aromatic amines is 1. The Balaban J connectivity index is 1.25. The number of nitrogens with zero attached hydrogens (tertiary/aromatic N) is 1. The van der Waals surface area contributed by atoms with E-state index in [0.29, 0.717) is 19.5 Å². The first-order valence-corrected chi connectivity index (χ1v) is 13.4. The number of aliphatic hydroxyl groups excluding tert-OH is 2. The summed E-state index contributed by atoms with van der Waals surface area (Å²) in [5, 5.41) is 26.3. The summed E-state index contributed by atoms with van der Waals surface area (Å²) in [6, 6.07) is 25.5. The van der Waals surface area contributed by atoms with E-state index in [0.717, 1.165) is 33.2 Å². The highest BCUT2D eigenvalue weighted by atomic mass is 16.7. The molecule has 3 aromatic carbocycles. The SMILES string of the molecule is C[C@H](O)[C@@H]1ON(Cc2ccc(C=Cc3ccccc3)cc2)[C@H](C(=O)NCCc2c[nH]c3ccccc23)[C@@H]1CO. The first-order chi connectivity index (χ1) is 19.0. The van der Waals surface area contributed by atoms with Crippen LogP contribution in [-0.4, -0.2) is 57.6 Å². The fraction of sp³-hybridized carbons (Fsp3) is 0.281. The van der Waals surface area contributed by atoms with Gasteiger partial charge in [-0.05, 0) is 41.7 Å². The molecule has 0 bridgehead atoms. The zero-order chi connectivity index (χ0) is 27.2. The molecule has 0 aliphatic carbocycles. The molecule has 1 aromatic heterocycles. The Morgan fingerprint density at radius 2 is 1.72 bits per heavy atom. The van der Waals surface area contributed by atoms with E-state index in [1.54, 1.807) is 12.0 Å². The number of hydrogen-bond donors (Lipinski definition) is 4. The fourth-order valence-corrected chi connectivity index (χ4v) is 5.24. The van der Waals surface area contributed by atoms with E-state index >= 15 is 0 Å². The lowest BCUT2D eigenvalue weighted by molar-refractivity contribution is -0.192. The van der Waals surface area contributed by atoms with Gasteiger partial charge in [-0.25, -0.2) is 0 Å². The van der Waals surface area contributed by atoms with Gasteiger partial charge in [0, 0.05) is 29.6 Å². The maximum absolute atomic E-state index is 13.4. The van der Waals surface area contributed by atoms with Crippen molar-refractivity contribution in [2.75, 3.05) is 13.2 Å². The van der Waals surface area contributed by atoms with Crippen molar-refractivity contribution in [3.63, 3.8) is 0 Å². The molecule has 1 saturated heterocycles. The maximum Gasteiger partial charge on any atom is 0.240 e. The third-order valence-corrected chi connectivity index (χ3v) is 7.30. The number of para-hydroxylation sites is 1. The van der Waals surface area contributed by atoms with Crippen LogP contribution in [0.5, 0.6) is 0 Å². The molecule has 2 heterocycles. The monoisotopic (exact) mass is 525 g/mol. The highest BCUT2D eigenvalue weighted by Gasteiger charge is 2.48. The van der Waals surface area contributed by atoms with Crippen LogP contribution in [0.2, 0.25) is 0 Å². The normalized spacial score (nSPS) is 20.5. The Hall–Kier alpha value is -3.75. The molecule has 39 heavy (non-hydrogen) atoms. The molecule has 1 aliphatic rings. The number of hydroxylamine groups is 2. The third-order valence-electron chi connectivity index (χ3n) is 7.30. The first-order valence-electron chi connectivity index (χ1n) is 13.4. The molecule has 0 radical (unpaired) electrons. The van der Waals surface area contributed by atoms with Crippen LogP contribution in [0.15, 0.2) is 85.1 Å². The Labute approximate surface area is 228 Å². The summed E-state index contributed by atoms with van der Waals surface area (Å²) in [6.07, 6.45) is 5.26. The van der Waals surface area contributed by atoms with E-state index in [1.165, 1.54) is 0 Å². The van der Waals surface area contributed by atoms with E-state index in [2.05, 4.69) is 40.7 Å². The minimum atomic E-state index is -0.834. The van der Waals surface area contributed by atoms with Crippen LogP contribution >= 0.6 is 0 Å². The minimum absolute atomic E-state index is 0.223. The Kier molecular flexibility index (Phi) is 8.54. The van der Waals surface area contributed by atoms with Gasteiger partial charge in [0.15, 0.2) is 0 Å². The number of carbonyl (C=O) groups is 1. The molecule has 0 unspecified atom stereocenters. The number of carbonyl (C=O) groups excluding carboxylic acids is 1. The van der Waals surface area contributed by atoms with Gasteiger partial charge in [0.25, 0.3) is 0 Å². The molecule has 4 atom stereocenters. The summed E-state index contributed by atoms with van der Waals surface area (Å²) in [5.41, 5.74) is 5.35. The predicted octanol–water partition coefficient (Wildman–Crippen LogP) is 4.17. The standard InChI is InChI=1S/C32H35N3O4/c1-22(37)31-28(21-36)30(32(38)33-18-17-26-19-34-29-10-6-5-9-27(26)29)35(39-31)20-25-15-13-24(14-16-25)12-11-23-7-3-2-4-8-23/h2-16,19,22,28,30-31,34,36-37H,17-18,20-21H2,1H3,(H,33,38)/t22-,28-,30-,31-/m0/s1. The number of fused-ring (bicyclic) bond motifs is 1. The van der Waals surface area contributed by atoms with Gasteiger partial charge in [-0.2, -0.15) is 5.06 Å². The average molecular weight is 526 g/mol. The Morgan fingerprint density at radius 1 is 1.03 bits per heavy atom.